The third-order valence-corrected chi connectivity index (χ3v) is 2.10. The third-order valence-electron chi connectivity index (χ3n) is 2.10. The second-order valence-electron chi connectivity index (χ2n) is 4.92. The van der Waals surface area contributed by atoms with Crippen LogP contribution in [0, 0.1) is 5.41 Å². The first kappa shape index (κ1) is 12.7. The van der Waals surface area contributed by atoms with Gasteiger partial charge in [-0.3, -0.25) is 0 Å². The Balaban J connectivity index is 3.53. The average Bonchev–Trinajstić information content (AvgIpc) is 1.98. The summed E-state index contributed by atoms with van der Waals surface area (Å²) >= 11 is 0. The van der Waals surface area contributed by atoms with Crippen LogP contribution in [-0.2, 0) is 4.74 Å². The molecule has 0 radical (unpaired) electrons. The van der Waals surface area contributed by atoms with Crippen LogP contribution >= 0.6 is 0 Å². The van der Waals surface area contributed by atoms with E-state index in [2.05, 4.69) is 33.8 Å². The molecule has 0 heterocycles. The minimum absolute atomic E-state index is 0.474. The van der Waals surface area contributed by atoms with Gasteiger partial charge in [0.2, 0.25) is 0 Å². The van der Waals surface area contributed by atoms with Crippen molar-refractivity contribution in [1.29, 1.82) is 0 Å². The predicted octanol–water partition coefficient (Wildman–Crippen LogP) is 3.80. The zero-order valence-corrected chi connectivity index (χ0v) is 9.81. The van der Waals surface area contributed by atoms with E-state index in [0.29, 0.717) is 5.41 Å². The van der Waals surface area contributed by atoms with Crippen molar-refractivity contribution >= 4 is 0 Å². The molecule has 0 fully saturated rings. The zero-order valence-electron chi connectivity index (χ0n) is 9.81. The van der Waals surface area contributed by atoms with Crippen LogP contribution in [0.2, 0.25) is 0 Å². The molecule has 13 heavy (non-hydrogen) atoms. The van der Waals surface area contributed by atoms with Crippen LogP contribution in [0.5, 0.6) is 0 Å². The maximum atomic E-state index is 4.98. The molecule has 0 saturated heterocycles. The van der Waals surface area contributed by atoms with Gasteiger partial charge in [-0.1, -0.05) is 32.4 Å². The van der Waals surface area contributed by atoms with Crippen LogP contribution in [0.15, 0.2) is 11.6 Å². The lowest BCUT2D eigenvalue weighted by atomic mass is 9.89. The smallest absolute Gasteiger partial charge is 0.0646 e. The van der Waals surface area contributed by atoms with Crippen LogP contribution in [-0.4, -0.2) is 13.7 Å². The molecule has 1 nitrogen and oxygen atoms in total. The van der Waals surface area contributed by atoms with Gasteiger partial charge < -0.3 is 4.74 Å². The maximum Gasteiger partial charge on any atom is 0.0646 e. The Bertz CT molecular complexity index is 151. The van der Waals surface area contributed by atoms with Crippen LogP contribution in [0.4, 0.5) is 0 Å². The van der Waals surface area contributed by atoms with E-state index in [1.807, 2.05) is 0 Å². The van der Waals surface area contributed by atoms with Crippen molar-refractivity contribution in [3.05, 3.63) is 11.6 Å². The number of allylic oxidation sites excluding steroid dienone is 1. The summed E-state index contributed by atoms with van der Waals surface area (Å²) in [6, 6.07) is 0. The summed E-state index contributed by atoms with van der Waals surface area (Å²) in [5.74, 6) is 0. The average molecular weight is 184 g/mol. The standard InChI is InChI=1S/C12H24O/c1-11(8-10-13-5)7-6-9-12(2,3)4/h8H,6-7,9-10H2,1-5H3/b11-8+. The summed E-state index contributed by atoms with van der Waals surface area (Å²) < 4.78 is 4.98. The lowest BCUT2D eigenvalue weighted by molar-refractivity contribution is 0.233. The fraction of sp³-hybridized carbons (Fsp3) is 0.833. The molecule has 0 aliphatic rings. The Morgan fingerprint density at radius 2 is 1.92 bits per heavy atom. The fourth-order valence-corrected chi connectivity index (χ4v) is 1.23. The van der Waals surface area contributed by atoms with E-state index < -0.39 is 0 Å². The van der Waals surface area contributed by atoms with Crippen LogP contribution in [0.3, 0.4) is 0 Å². The Kier molecular flexibility index (Phi) is 6.06. The van der Waals surface area contributed by atoms with Gasteiger partial charge in [-0.25, -0.2) is 0 Å². The summed E-state index contributed by atoms with van der Waals surface area (Å²) in [5.41, 5.74) is 1.92. The molecule has 0 unspecified atom stereocenters. The van der Waals surface area contributed by atoms with Crippen LogP contribution in [0.25, 0.3) is 0 Å². The highest BCUT2D eigenvalue weighted by Gasteiger charge is 2.08. The van der Waals surface area contributed by atoms with Gasteiger partial charge in [0.25, 0.3) is 0 Å². The SMILES string of the molecule is COC/C=C(\C)CCCC(C)(C)C. The number of rotatable bonds is 5. The molecule has 0 bridgehead atoms. The number of hydrogen-bond acceptors (Lipinski definition) is 1. The van der Waals surface area contributed by atoms with Crippen molar-refractivity contribution in [2.75, 3.05) is 13.7 Å². The molecular weight excluding hydrogens is 160 g/mol. The molecule has 0 spiro atoms. The van der Waals surface area contributed by atoms with E-state index in [9.17, 15) is 0 Å². The third kappa shape index (κ3) is 9.62. The number of hydrogen-bond donors (Lipinski definition) is 0. The summed E-state index contributed by atoms with van der Waals surface area (Å²) in [6.45, 7) is 9.81. The van der Waals surface area contributed by atoms with E-state index in [0.717, 1.165) is 6.61 Å². The van der Waals surface area contributed by atoms with Gasteiger partial charge in [0.05, 0.1) is 6.61 Å². The Morgan fingerprint density at radius 1 is 1.31 bits per heavy atom. The summed E-state index contributed by atoms with van der Waals surface area (Å²) in [5, 5.41) is 0. The first-order valence-corrected chi connectivity index (χ1v) is 5.10. The quantitative estimate of drug-likeness (QED) is 0.591. The van der Waals surface area contributed by atoms with Crippen molar-refractivity contribution in [1.82, 2.24) is 0 Å². The number of ether oxygens (including phenoxy) is 1. The summed E-state index contributed by atoms with van der Waals surface area (Å²) in [4.78, 5) is 0. The van der Waals surface area contributed by atoms with Gasteiger partial charge in [-0.2, -0.15) is 0 Å². The highest BCUT2D eigenvalue weighted by Crippen LogP contribution is 2.22. The first-order chi connectivity index (χ1) is 5.95. The Labute approximate surface area is 83.2 Å². The second-order valence-corrected chi connectivity index (χ2v) is 4.92. The summed E-state index contributed by atoms with van der Waals surface area (Å²) in [7, 11) is 1.74. The molecule has 0 saturated carbocycles. The largest absolute Gasteiger partial charge is 0.381 e. The van der Waals surface area contributed by atoms with Crippen molar-refractivity contribution in [2.24, 2.45) is 5.41 Å². The lowest BCUT2D eigenvalue weighted by Crippen LogP contribution is -2.04. The first-order valence-electron chi connectivity index (χ1n) is 5.10. The van der Waals surface area contributed by atoms with Crippen molar-refractivity contribution in [3.63, 3.8) is 0 Å². The van der Waals surface area contributed by atoms with E-state index in [1.54, 1.807) is 7.11 Å². The van der Waals surface area contributed by atoms with E-state index in [-0.39, 0.29) is 0 Å². The molecule has 0 N–H and O–H groups in total. The van der Waals surface area contributed by atoms with E-state index >= 15 is 0 Å². The molecule has 0 aromatic heterocycles. The molecule has 0 aliphatic carbocycles. The molecule has 0 rings (SSSR count). The molecule has 0 atom stereocenters. The normalized spacial score (nSPS) is 13.5. The zero-order chi connectivity index (χ0) is 10.3. The molecule has 0 aliphatic heterocycles. The Hall–Kier alpha value is -0.300. The van der Waals surface area contributed by atoms with Crippen molar-refractivity contribution < 1.29 is 4.74 Å². The maximum absolute atomic E-state index is 4.98. The van der Waals surface area contributed by atoms with Gasteiger partial charge in [0.15, 0.2) is 0 Å². The van der Waals surface area contributed by atoms with Gasteiger partial charge in [0.1, 0.15) is 0 Å². The van der Waals surface area contributed by atoms with Crippen molar-refractivity contribution in [3.8, 4) is 0 Å². The predicted molar refractivity (Wildman–Crippen MR) is 58.9 cm³/mol. The topological polar surface area (TPSA) is 9.23 Å². The van der Waals surface area contributed by atoms with Gasteiger partial charge >= 0.3 is 0 Å². The molecular formula is C12H24O. The molecule has 0 amide bonds. The second kappa shape index (κ2) is 6.20. The lowest BCUT2D eigenvalue weighted by Gasteiger charge is -2.17. The summed E-state index contributed by atoms with van der Waals surface area (Å²) in [6.07, 6.45) is 5.96. The molecule has 1 heteroatoms. The Morgan fingerprint density at radius 3 is 2.38 bits per heavy atom. The monoisotopic (exact) mass is 184 g/mol. The van der Waals surface area contributed by atoms with Crippen LogP contribution < -0.4 is 0 Å². The van der Waals surface area contributed by atoms with Gasteiger partial charge in [-0.15, -0.1) is 0 Å². The molecule has 0 aromatic carbocycles. The number of methoxy groups -OCH3 is 1. The van der Waals surface area contributed by atoms with Crippen molar-refractivity contribution in [2.45, 2.75) is 47.0 Å². The minimum atomic E-state index is 0.474. The highest BCUT2D eigenvalue weighted by molar-refractivity contribution is 4.97. The van der Waals surface area contributed by atoms with E-state index in [1.165, 1.54) is 24.8 Å². The molecule has 0 aromatic rings. The fourth-order valence-electron chi connectivity index (χ4n) is 1.23. The van der Waals surface area contributed by atoms with E-state index in [4.69, 9.17) is 4.74 Å². The minimum Gasteiger partial charge on any atom is -0.381 e. The van der Waals surface area contributed by atoms with Gasteiger partial charge in [-0.05, 0) is 31.6 Å². The van der Waals surface area contributed by atoms with Gasteiger partial charge in [0, 0.05) is 7.11 Å². The molecule has 78 valence electrons. The highest BCUT2D eigenvalue weighted by atomic mass is 16.5. The van der Waals surface area contributed by atoms with Crippen LogP contribution in [0.1, 0.15) is 47.0 Å².